The molecule has 0 radical (unpaired) electrons. The van der Waals surface area contributed by atoms with Crippen LogP contribution in [0.25, 0.3) is 0 Å². The number of rotatable bonds is 6. The molecule has 3 aromatic rings. The lowest BCUT2D eigenvalue weighted by atomic mass is 10.0. The molecule has 142 valence electrons. The number of benzene rings is 2. The van der Waals surface area contributed by atoms with Crippen molar-refractivity contribution in [1.82, 2.24) is 25.5 Å². The van der Waals surface area contributed by atoms with Crippen molar-refractivity contribution in [1.29, 1.82) is 0 Å². The monoisotopic (exact) mass is 364 g/mol. The number of nitrogens with two attached hydrogens (primary N) is 1. The van der Waals surface area contributed by atoms with Crippen molar-refractivity contribution in [2.75, 3.05) is 0 Å². The highest BCUT2D eigenvalue weighted by atomic mass is 15.6. The molecule has 0 aliphatic rings. The molecule has 0 saturated carbocycles. The van der Waals surface area contributed by atoms with E-state index in [1.54, 1.807) is 0 Å². The van der Waals surface area contributed by atoms with Crippen LogP contribution in [0.2, 0.25) is 0 Å². The first-order valence-corrected chi connectivity index (χ1v) is 9.25. The zero-order chi connectivity index (χ0) is 19.4. The Hall–Kier alpha value is -2.57. The van der Waals surface area contributed by atoms with Crippen molar-refractivity contribution in [2.45, 2.75) is 52.4 Å². The summed E-state index contributed by atoms with van der Waals surface area (Å²) in [6.45, 7) is 9.63. The number of aromatic nitrogens is 4. The van der Waals surface area contributed by atoms with Gasteiger partial charge in [-0.3, -0.25) is 5.32 Å². The summed E-state index contributed by atoms with van der Waals surface area (Å²) in [5, 5.41) is 16.2. The fourth-order valence-corrected chi connectivity index (χ4v) is 3.06. The van der Waals surface area contributed by atoms with Gasteiger partial charge in [0.05, 0.1) is 11.6 Å². The molecule has 1 aromatic heterocycles. The van der Waals surface area contributed by atoms with Gasteiger partial charge >= 0.3 is 0 Å². The van der Waals surface area contributed by atoms with Gasteiger partial charge in [0.1, 0.15) is 0 Å². The van der Waals surface area contributed by atoms with Crippen LogP contribution in [0.4, 0.5) is 0 Å². The summed E-state index contributed by atoms with van der Waals surface area (Å²) in [5.41, 5.74) is 10.2. The van der Waals surface area contributed by atoms with Crippen LogP contribution in [0.3, 0.4) is 0 Å². The Morgan fingerprint density at radius 2 is 1.78 bits per heavy atom. The number of nitrogens with one attached hydrogen (secondary N) is 1. The van der Waals surface area contributed by atoms with Gasteiger partial charge in [-0.25, -0.2) is 4.68 Å². The number of aryl methyl sites for hydroxylation is 1. The molecule has 0 spiro atoms. The molecule has 0 aliphatic carbocycles. The van der Waals surface area contributed by atoms with Gasteiger partial charge in [-0.15, -0.1) is 5.10 Å². The summed E-state index contributed by atoms with van der Waals surface area (Å²) in [6, 6.07) is 16.7. The highest BCUT2D eigenvalue weighted by Crippen LogP contribution is 2.25. The van der Waals surface area contributed by atoms with E-state index in [2.05, 4.69) is 84.9 Å². The maximum atomic E-state index is 5.77. The van der Waals surface area contributed by atoms with Gasteiger partial charge in [0.25, 0.3) is 0 Å². The molecule has 27 heavy (non-hydrogen) atoms. The van der Waals surface area contributed by atoms with Gasteiger partial charge in [-0.1, -0.05) is 54.1 Å². The van der Waals surface area contributed by atoms with Gasteiger partial charge in [0.15, 0.2) is 5.82 Å². The second-order valence-corrected chi connectivity index (χ2v) is 7.87. The zero-order valence-electron chi connectivity index (χ0n) is 16.5. The summed E-state index contributed by atoms with van der Waals surface area (Å²) < 4.78 is 1.89. The van der Waals surface area contributed by atoms with E-state index in [1.165, 1.54) is 11.1 Å². The Morgan fingerprint density at radius 1 is 1.07 bits per heavy atom. The van der Waals surface area contributed by atoms with Crippen molar-refractivity contribution in [3.63, 3.8) is 0 Å². The molecule has 1 unspecified atom stereocenters. The third-order valence-electron chi connectivity index (χ3n) is 4.54. The molecule has 0 aliphatic heterocycles. The molecule has 1 atom stereocenters. The summed E-state index contributed by atoms with van der Waals surface area (Å²) in [4.78, 5) is 0. The lowest BCUT2D eigenvalue weighted by Gasteiger charge is -2.25. The maximum Gasteiger partial charge on any atom is 0.173 e. The predicted molar refractivity (Wildman–Crippen MR) is 107 cm³/mol. The second kappa shape index (κ2) is 7.98. The van der Waals surface area contributed by atoms with E-state index in [0.717, 1.165) is 17.0 Å². The number of nitrogens with zero attached hydrogens (tertiary/aromatic N) is 4. The van der Waals surface area contributed by atoms with E-state index in [0.29, 0.717) is 13.1 Å². The van der Waals surface area contributed by atoms with Crippen LogP contribution in [0, 0.1) is 6.92 Å². The molecule has 0 amide bonds. The maximum absolute atomic E-state index is 5.77. The first-order chi connectivity index (χ1) is 12.9. The summed E-state index contributed by atoms with van der Waals surface area (Å²) in [6.07, 6.45) is 0. The van der Waals surface area contributed by atoms with E-state index in [4.69, 9.17) is 5.73 Å². The molecule has 0 saturated heterocycles. The lowest BCUT2D eigenvalue weighted by Crippen LogP contribution is -2.32. The fraction of sp³-hybridized carbons (Fsp3) is 0.381. The smallest absolute Gasteiger partial charge is 0.173 e. The SMILES string of the molecule is Cc1ccc(C(NCc2cccc(CN)c2)c2nnnn2C(C)(C)C)cc1. The highest BCUT2D eigenvalue weighted by molar-refractivity contribution is 5.29. The molecule has 6 heteroatoms. The average molecular weight is 364 g/mol. The van der Waals surface area contributed by atoms with Crippen LogP contribution in [0.1, 0.15) is 54.9 Å². The first kappa shape index (κ1) is 19.2. The number of hydrogen-bond acceptors (Lipinski definition) is 5. The van der Waals surface area contributed by atoms with Crippen LogP contribution in [-0.2, 0) is 18.6 Å². The molecule has 0 bridgehead atoms. The van der Waals surface area contributed by atoms with Crippen molar-refractivity contribution in [2.24, 2.45) is 5.73 Å². The molecule has 6 nitrogen and oxygen atoms in total. The van der Waals surface area contributed by atoms with Crippen molar-refractivity contribution in [3.8, 4) is 0 Å². The quantitative estimate of drug-likeness (QED) is 0.702. The summed E-state index contributed by atoms with van der Waals surface area (Å²) in [7, 11) is 0. The van der Waals surface area contributed by atoms with Gasteiger partial charge in [-0.2, -0.15) is 0 Å². The predicted octanol–water partition coefficient (Wildman–Crippen LogP) is 3.07. The molecular formula is C21H28N6. The lowest BCUT2D eigenvalue weighted by molar-refractivity contribution is 0.325. The molecule has 2 aromatic carbocycles. The minimum Gasteiger partial charge on any atom is -0.326 e. The second-order valence-electron chi connectivity index (χ2n) is 7.87. The minimum absolute atomic E-state index is 0.110. The van der Waals surface area contributed by atoms with Gasteiger partial charge in [0.2, 0.25) is 0 Å². The largest absolute Gasteiger partial charge is 0.326 e. The van der Waals surface area contributed by atoms with Crippen LogP contribution in [-0.4, -0.2) is 20.2 Å². The Morgan fingerprint density at radius 3 is 2.44 bits per heavy atom. The Bertz CT molecular complexity index is 876. The third-order valence-corrected chi connectivity index (χ3v) is 4.54. The first-order valence-electron chi connectivity index (χ1n) is 9.25. The van der Waals surface area contributed by atoms with E-state index in [9.17, 15) is 0 Å². The normalized spacial score (nSPS) is 12.9. The Labute approximate surface area is 160 Å². The van der Waals surface area contributed by atoms with Crippen LogP contribution < -0.4 is 11.1 Å². The van der Waals surface area contributed by atoms with Crippen LogP contribution in [0.5, 0.6) is 0 Å². The highest BCUT2D eigenvalue weighted by Gasteiger charge is 2.26. The Kier molecular flexibility index (Phi) is 5.68. The standard InChI is InChI=1S/C21H28N6/c1-15-8-10-18(11-9-15)19(20-24-25-26-27(20)21(2,3)4)23-14-17-7-5-6-16(12-17)13-22/h5-12,19,23H,13-14,22H2,1-4H3. The zero-order valence-corrected chi connectivity index (χ0v) is 16.5. The molecule has 3 rings (SSSR count). The fourth-order valence-electron chi connectivity index (χ4n) is 3.06. The summed E-state index contributed by atoms with van der Waals surface area (Å²) >= 11 is 0. The van der Waals surface area contributed by atoms with Gasteiger partial charge in [-0.05, 0) is 54.8 Å². The van der Waals surface area contributed by atoms with Gasteiger partial charge in [0, 0.05) is 13.1 Å². The topological polar surface area (TPSA) is 81.7 Å². The van der Waals surface area contributed by atoms with Crippen LogP contribution in [0.15, 0.2) is 48.5 Å². The van der Waals surface area contributed by atoms with E-state index in [-0.39, 0.29) is 11.6 Å². The van der Waals surface area contributed by atoms with E-state index in [1.807, 2.05) is 16.8 Å². The van der Waals surface area contributed by atoms with Crippen molar-refractivity contribution < 1.29 is 0 Å². The summed E-state index contributed by atoms with van der Waals surface area (Å²) in [5.74, 6) is 0.807. The number of tetrazole rings is 1. The third kappa shape index (κ3) is 4.59. The van der Waals surface area contributed by atoms with Gasteiger partial charge < -0.3 is 5.73 Å². The molecule has 1 heterocycles. The average Bonchev–Trinajstić information content (AvgIpc) is 3.13. The number of hydrogen-bond donors (Lipinski definition) is 2. The van der Waals surface area contributed by atoms with Crippen LogP contribution >= 0.6 is 0 Å². The van der Waals surface area contributed by atoms with E-state index >= 15 is 0 Å². The molecule has 3 N–H and O–H groups in total. The van der Waals surface area contributed by atoms with Crippen molar-refractivity contribution >= 4 is 0 Å². The van der Waals surface area contributed by atoms with E-state index < -0.39 is 0 Å². The van der Waals surface area contributed by atoms with Crippen molar-refractivity contribution in [3.05, 3.63) is 76.6 Å². The molecule has 0 fully saturated rings. The molecular weight excluding hydrogens is 336 g/mol. The minimum atomic E-state index is -0.205. The Balaban J connectivity index is 1.93.